The summed E-state index contributed by atoms with van der Waals surface area (Å²) in [6, 6.07) is 4.15. The molecule has 0 aromatic heterocycles. The molecule has 1 unspecified atom stereocenters. The molecule has 0 aliphatic heterocycles. The van der Waals surface area contributed by atoms with E-state index in [1.54, 1.807) is 19.2 Å². The van der Waals surface area contributed by atoms with E-state index in [1.807, 2.05) is 13.0 Å². The number of ether oxygens (including phenoxy) is 2. The molecule has 0 saturated heterocycles. The summed E-state index contributed by atoms with van der Waals surface area (Å²) in [4.78, 5) is 22.4. The van der Waals surface area contributed by atoms with E-state index in [4.69, 9.17) is 20.3 Å². The van der Waals surface area contributed by atoms with E-state index in [2.05, 4.69) is 5.32 Å². The molecule has 7 heteroatoms. The highest BCUT2D eigenvalue weighted by atomic mass is 16.5. The molecule has 0 aliphatic carbocycles. The predicted octanol–water partition coefficient (Wildman–Crippen LogP) is 0.761. The summed E-state index contributed by atoms with van der Waals surface area (Å²) in [5.41, 5.74) is 6.93. The van der Waals surface area contributed by atoms with Crippen LogP contribution < -0.4 is 15.8 Å². The first kappa shape index (κ1) is 16.9. The van der Waals surface area contributed by atoms with Crippen molar-refractivity contribution in [1.29, 1.82) is 0 Å². The second-order valence-electron chi connectivity index (χ2n) is 4.53. The first-order valence-corrected chi connectivity index (χ1v) is 6.44. The molecule has 0 fully saturated rings. The molecule has 1 aromatic carbocycles. The second kappa shape index (κ2) is 8.23. The lowest BCUT2D eigenvalue weighted by atomic mass is 10.1. The third-order valence-corrected chi connectivity index (χ3v) is 2.67. The van der Waals surface area contributed by atoms with Crippen molar-refractivity contribution in [3.05, 3.63) is 23.8 Å². The molecule has 0 aliphatic rings. The molecule has 0 radical (unpaired) electrons. The van der Waals surface area contributed by atoms with Crippen LogP contribution in [0.25, 0.3) is 0 Å². The van der Waals surface area contributed by atoms with Gasteiger partial charge in [0, 0.05) is 7.11 Å². The summed E-state index contributed by atoms with van der Waals surface area (Å²) in [5, 5.41) is 11.2. The summed E-state index contributed by atoms with van der Waals surface area (Å²) >= 11 is 0. The normalized spacial score (nSPS) is 11.8. The van der Waals surface area contributed by atoms with Crippen molar-refractivity contribution < 1.29 is 24.2 Å². The molecule has 0 heterocycles. The largest absolute Gasteiger partial charge is 0.489 e. The average Bonchev–Trinajstić information content (AvgIpc) is 2.41. The van der Waals surface area contributed by atoms with Crippen molar-refractivity contribution in [3.63, 3.8) is 0 Å². The van der Waals surface area contributed by atoms with Crippen LogP contribution in [0.2, 0.25) is 0 Å². The summed E-state index contributed by atoms with van der Waals surface area (Å²) in [5.74, 6) is -1.21. The number of nitrogens with two attached hydrogens (primary N) is 1. The van der Waals surface area contributed by atoms with Crippen molar-refractivity contribution in [2.24, 2.45) is 5.73 Å². The number of aliphatic carboxylic acids is 1. The smallest absolute Gasteiger partial charge is 0.305 e. The van der Waals surface area contributed by atoms with Crippen molar-refractivity contribution >= 4 is 17.6 Å². The summed E-state index contributed by atoms with van der Waals surface area (Å²) < 4.78 is 10.4. The Kier molecular flexibility index (Phi) is 6.64. The Morgan fingerprint density at radius 1 is 1.38 bits per heavy atom. The van der Waals surface area contributed by atoms with Gasteiger partial charge in [-0.25, -0.2) is 0 Å². The van der Waals surface area contributed by atoms with Crippen LogP contribution >= 0.6 is 0 Å². The first-order valence-electron chi connectivity index (χ1n) is 6.44. The van der Waals surface area contributed by atoms with E-state index >= 15 is 0 Å². The van der Waals surface area contributed by atoms with E-state index in [1.165, 1.54) is 0 Å². The quantitative estimate of drug-likeness (QED) is 0.611. The number of carboxylic acid groups (broad SMARTS) is 1. The summed E-state index contributed by atoms with van der Waals surface area (Å²) in [6.07, 6.45) is -0.433. The lowest BCUT2D eigenvalue weighted by Crippen LogP contribution is -2.37. The topological polar surface area (TPSA) is 111 Å². The molecule has 1 rings (SSSR count). The fourth-order valence-corrected chi connectivity index (χ4v) is 1.59. The van der Waals surface area contributed by atoms with Crippen LogP contribution in [0.1, 0.15) is 12.0 Å². The van der Waals surface area contributed by atoms with Gasteiger partial charge in [0.2, 0.25) is 5.91 Å². The molecule has 7 nitrogen and oxygen atoms in total. The lowest BCUT2D eigenvalue weighted by Gasteiger charge is -2.15. The van der Waals surface area contributed by atoms with Crippen LogP contribution in [-0.2, 0) is 14.3 Å². The zero-order chi connectivity index (χ0) is 15.8. The van der Waals surface area contributed by atoms with E-state index in [0.29, 0.717) is 24.7 Å². The fourth-order valence-electron chi connectivity index (χ4n) is 1.59. The lowest BCUT2D eigenvalue weighted by molar-refractivity contribution is -0.138. The Morgan fingerprint density at radius 2 is 2.10 bits per heavy atom. The van der Waals surface area contributed by atoms with Gasteiger partial charge in [-0.3, -0.25) is 9.59 Å². The van der Waals surface area contributed by atoms with Crippen molar-refractivity contribution in [2.75, 3.05) is 25.6 Å². The number of amides is 1. The van der Waals surface area contributed by atoms with Crippen LogP contribution in [0.3, 0.4) is 0 Å². The van der Waals surface area contributed by atoms with Gasteiger partial charge in [-0.05, 0) is 24.6 Å². The third kappa shape index (κ3) is 5.80. The average molecular weight is 296 g/mol. The number of nitrogens with one attached hydrogen (secondary N) is 1. The van der Waals surface area contributed by atoms with Crippen LogP contribution in [0.5, 0.6) is 5.75 Å². The molecular formula is C14H20N2O5. The fraction of sp³-hybridized carbons (Fsp3) is 0.429. The maximum Gasteiger partial charge on any atom is 0.305 e. The van der Waals surface area contributed by atoms with E-state index in [-0.39, 0.29) is 0 Å². The molecule has 21 heavy (non-hydrogen) atoms. The zero-order valence-electron chi connectivity index (χ0n) is 12.1. The molecule has 1 atom stereocenters. The van der Waals surface area contributed by atoms with Gasteiger partial charge in [-0.15, -0.1) is 0 Å². The van der Waals surface area contributed by atoms with E-state index < -0.39 is 24.3 Å². The van der Waals surface area contributed by atoms with Gasteiger partial charge in [0.15, 0.2) is 0 Å². The van der Waals surface area contributed by atoms with Crippen LogP contribution in [0.15, 0.2) is 18.2 Å². The molecule has 0 bridgehead atoms. The number of hydrogen-bond donors (Lipinski definition) is 3. The third-order valence-electron chi connectivity index (χ3n) is 2.67. The van der Waals surface area contributed by atoms with Crippen molar-refractivity contribution in [2.45, 2.75) is 19.4 Å². The molecular weight excluding hydrogens is 276 g/mol. The highest BCUT2D eigenvalue weighted by molar-refractivity contribution is 5.97. The second-order valence-corrected chi connectivity index (χ2v) is 4.53. The molecule has 4 N–H and O–H groups in total. The van der Waals surface area contributed by atoms with Gasteiger partial charge in [0.25, 0.3) is 0 Å². The number of carbonyl (C=O) groups excluding carboxylic acids is 1. The molecule has 1 amide bonds. The Labute approximate surface area is 123 Å². The number of methoxy groups -OCH3 is 1. The minimum absolute atomic E-state index is 0.337. The Balaban J connectivity index is 2.76. The highest BCUT2D eigenvalue weighted by Crippen LogP contribution is 2.26. The van der Waals surface area contributed by atoms with Gasteiger partial charge in [-0.1, -0.05) is 6.07 Å². The minimum atomic E-state index is -1.13. The number of rotatable bonds is 8. The van der Waals surface area contributed by atoms with Gasteiger partial charge < -0.3 is 25.6 Å². The summed E-state index contributed by atoms with van der Waals surface area (Å²) in [6.45, 7) is 2.65. The van der Waals surface area contributed by atoms with Gasteiger partial charge in [0.1, 0.15) is 12.4 Å². The number of carboxylic acids is 1. The first-order chi connectivity index (χ1) is 9.93. The Morgan fingerprint density at radius 3 is 2.71 bits per heavy atom. The van der Waals surface area contributed by atoms with Gasteiger partial charge in [0.05, 0.1) is 24.8 Å². The van der Waals surface area contributed by atoms with Crippen LogP contribution in [0, 0.1) is 6.92 Å². The van der Waals surface area contributed by atoms with E-state index in [9.17, 15) is 9.59 Å². The standard InChI is InChI=1S/C14H20N2O5/c1-9-3-4-11(12(7-9)21-6-5-20-2)16-14(19)10(15)8-13(17)18/h3-4,7,10H,5-6,8,15H2,1-2H3,(H,16,19)(H,17,18). The number of anilines is 1. The Bertz CT molecular complexity index is 504. The molecule has 1 aromatic rings. The SMILES string of the molecule is COCCOc1cc(C)ccc1NC(=O)C(N)CC(=O)O. The van der Waals surface area contributed by atoms with Gasteiger partial charge >= 0.3 is 5.97 Å². The maximum atomic E-state index is 11.8. The number of carbonyl (C=O) groups is 2. The number of benzene rings is 1. The highest BCUT2D eigenvalue weighted by Gasteiger charge is 2.18. The van der Waals surface area contributed by atoms with Gasteiger partial charge in [-0.2, -0.15) is 0 Å². The van der Waals surface area contributed by atoms with Crippen molar-refractivity contribution in [3.8, 4) is 5.75 Å². The Hall–Kier alpha value is -2.12. The monoisotopic (exact) mass is 296 g/mol. The van der Waals surface area contributed by atoms with Crippen molar-refractivity contribution in [1.82, 2.24) is 0 Å². The van der Waals surface area contributed by atoms with E-state index in [0.717, 1.165) is 5.56 Å². The van der Waals surface area contributed by atoms with Crippen LogP contribution in [0.4, 0.5) is 5.69 Å². The number of hydrogen-bond acceptors (Lipinski definition) is 5. The predicted molar refractivity (Wildman–Crippen MR) is 77.4 cm³/mol. The zero-order valence-corrected chi connectivity index (χ0v) is 12.1. The van der Waals surface area contributed by atoms with Crippen LogP contribution in [-0.4, -0.2) is 43.3 Å². The molecule has 116 valence electrons. The number of aryl methyl sites for hydroxylation is 1. The molecule has 0 saturated carbocycles. The summed E-state index contributed by atoms with van der Waals surface area (Å²) in [7, 11) is 1.56. The minimum Gasteiger partial charge on any atom is -0.489 e. The maximum absolute atomic E-state index is 11.8. The molecule has 0 spiro atoms.